The first-order valence-corrected chi connectivity index (χ1v) is 21.1. The zero-order chi connectivity index (χ0) is 37.5. The van der Waals surface area contributed by atoms with E-state index in [-0.39, 0.29) is 26.0 Å². The molecule has 1 aliphatic heterocycles. The van der Waals surface area contributed by atoms with Gasteiger partial charge in [0.15, 0.2) is 0 Å². The molecule has 1 aliphatic rings. The lowest BCUT2D eigenvalue weighted by Gasteiger charge is -2.27. The van der Waals surface area contributed by atoms with Gasteiger partial charge in [-0.2, -0.15) is 0 Å². The molecular weight excluding hydrogens is 699 g/mol. The molecule has 0 bridgehead atoms. The van der Waals surface area contributed by atoms with Crippen LogP contribution in [0.2, 0.25) is 0 Å². The third-order valence-corrected chi connectivity index (χ3v) is 11.1. The van der Waals surface area contributed by atoms with Gasteiger partial charge in [0.2, 0.25) is 0 Å². The van der Waals surface area contributed by atoms with Crippen LogP contribution in [0.3, 0.4) is 0 Å². The first-order chi connectivity index (χ1) is 26.6. The van der Waals surface area contributed by atoms with Crippen molar-refractivity contribution in [2.75, 3.05) is 32.6 Å². The van der Waals surface area contributed by atoms with Gasteiger partial charge in [-0.15, -0.1) is 0 Å². The number of rotatable bonds is 26. The summed E-state index contributed by atoms with van der Waals surface area (Å²) >= 11 is 0. The molecule has 1 fully saturated rings. The quantitative estimate of drug-likeness (QED) is 0.0356. The van der Waals surface area contributed by atoms with E-state index in [1.165, 1.54) is 25.7 Å². The lowest BCUT2D eigenvalue weighted by Crippen LogP contribution is -2.40. The summed E-state index contributed by atoms with van der Waals surface area (Å²) in [5.41, 5.74) is 3.99. The van der Waals surface area contributed by atoms with Gasteiger partial charge < -0.3 is 32.7 Å². The second-order valence-electron chi connectivity index (χ2n) is 13.5. The number of hydrogen-bond donors (Lipinski definition) is 0. The van der Waals surface area contributed by atoms with E-state index in [0.717, 1.165) is 35.3 Å². The van der Waals surface area contributed by atoms with E-state index in [0.29, 0.717) is 26.4 Å². The molecule has 1 unspecified atom stereocenters. The van der Waals surface area contributed by atoms with Crippen LogP contribution in [0.1, 0.15) is 61.3 Å². The molecular formula is C45H57O8P. The molecule has 4 aromatic carbocycles. The predicted octanol–water partition coefficient (Wildman–Crippen LogP) is 10.1. The maximum absolute atomic E-state index is 14.7. The highest BCUT2D eigenvalue weighted by Gasteiger charge is 2.49. The fraction of sp³-hybridized carbons (Fsp3) is 0.422. The van der Waals surface area contributed by atoms with Gasteiger partial charge in [-0.3, -0.25) is 4.57 Å². The molecule has 5 atom stereocenters. The Morgan fingerprint density at radius 1 is 0.556 bits per heavy atom. The summed E-state index contributed by atoms with van der Waals surface area (Å²) in [5.74, 6) is 0. The Labute approximate surface area is 322 Å². The number of hydrogen-bond acceptors (Lipinski definition) is 8. The fourth-order valence-corrected chi connectivity index (χ4v) is 7.93. The van der Waals surface area contributed by atoms with Crippen LogP contribution in [0.5, 0.6) is 0 Å². The molecule has 9 heteroatoms. The average molecular weight is 757 g/mol. The van der Waals surface area contributed by atoms with Crippen molar-refractivity contribution in [3.63, 3.8) is 0 Å². The van der Waals surface area contributed by atoms with Crippen molar-refractivity contribution in [3.8, 4) is 0 Å². The minimum atomic E-state index is -3.74. The van der Waals surface area contributed by atoms with Crippen molar-refractivity contribution in [3.05, 3.63) is 156 Å². The molecule has 5 rings (SSSR count). The maximum Gasteiger partial charge on any atom is 0.334 e. The van der Waals surface area contributed by atoms with E-state index in [4.69, 9.17) is 32.7 Å². The minimum absolute atomic E-state index is 0.0260. The molecule has 4 aromatic rings. The van der Waals surface area contributed by atoms with Crippen LogP contribution in [0.15, 0.2) is 133 Å². The molecule has 0 spiro atoms. The van der Waals surface area contributed by atoms with Gasteiger partial charge >= 0.3 is 7.60 Å². The highest BCUT2D eigenvalue weighted by Crippen LogP contribution is 2.52. The summed E-state index contributed by atoms with van der Waals surface area (Å²) in [4.78, 5) is 0. The predicted molar refractivity (Wildman–Crippen MR) is 213 cm³/mol. The van der Waals surface area contributed by atoms with E-state index in [9.17, 15) is 4.57 Å². The molecule has 290 valence electrons. The van der Waals surface area contributed by atoms with Crippen molar-refractivity contribution in [1.29, 1.82) is 0 Å². The lowest BCUT2D eigenvalue weighted by atomic mass is 10.1. The summed E-state index contributed by atoms with van der Waals surface area (Å²) in [6.45, 7) is 4.99. The van der Waals surface area contributed by atoms with E-state index >= 15 is 0 Å². The zero-order valence-corrected chi connectivity index (χ0v) is 32.5. The van der Waals surface area contributed by atoms with Crippen molar-refractivity contribution in [2.45, 2.75) is 89.9 Å². The monoisotopic (exact) mass is 756 g/mol. The van der Waals surface area contributed by atoms with Gasteiger partial charge in [-0.25, -0.2) is 0 Å². The smallest absolute Gasteiger partial charge is 0.334 e. The second kappa shape index (κ2) is 24.2. The van der Waals surface area contributed by atoms with E-state index in [1.54, 1.807) is 0 Å². The van der Waals surface area contributed by atoms with Crippen LogP contribution >= 0.6 is 7.60 Å². The minimum Gasteiger partial charge on any atom is -0.377 e. The standard InChI is InChI=1S/C45H57O8P/c1-2-3-4-5-18-29-47-30-19-20-31-51-54(46,52-35-41-27-16-9-17-28-41)37-43-45(50-34-40-25-14-8-15-26-40)44(49-33-39-23-12-7-13-24-39)42(53-43)36-48-32-38-21-10-6-11-22-38/h6-17,19-28,42-45H,2-5,18,29-37H2,1H3/b20-19+/t42-,43+,44-,45-,54?/m1/s1. The van der Waals surface area contributed by atoms with Gasteiger partial charge in [0, 0.05) is 6.61 Å². The van der Waals surface area contributed by atoms with Crippen molar-refractivity contribution in [2.24, 2.45) is 0 Å². The molecule has 0 saturated carbocycles. The molecule has 0 N–H and O–H groups in total. The normalized spacial score (nSPS) is 19.6. The highest BCUT2D eigenvalue weighted by atomic mass is 31.2. The van der Waals surface area contributed by atoms with Crippen molar-refractivity contribution >= 4 is 7.60 Å². The van der Waals surface area contributed by atoms with Crippen LogP contribution < -0.4 is 0 Å². The Balaban J connectivity index is 1.31. The largest absolute Gasteiger partial charge is 0.377 e. The van der Waals surface area contributed by atoms with E-state index in [2.05, 4.69) is 6.92 Å². The van der Waals surface area contributed by atoms with E-state index in [1.807, 2.05) is 133 Å². The van der Waals surface area contributed by atoms with Crippen LogP contribution in [0.25, 0.3) is 0 Å². The Morgan fingerprint density at radius 2 is 1.06 bits per heavy atom. The molecule has 0 radical (unpaired) electrons. The summed E-state index contributed by atoms with van der Waals surface area (Å²) in [6, 6.07) is 39.7. The highest BCUT2D eigenvalue weighted by molar-refractivity contribution is 7.53. The van der Waals surface area contributed by atoms with Gasteiger partial charge in [0.1, 0.15) is 18.3 Å². The van der Waals surface area contributed by atoms with Gasteiger partial charge in [0.05, 0.1) is 58.5 Å². The Morgan fingerprint density at radius 3 is 1.63 bits per heavy atom. The Kier molecular flexibility index (Phi) is 18.7. The second-order valence-corrected chi connectivity index (χ2v) is 15.6. The average Bonchev–Trinajstić information content (AvgIpc) is 3.53. The van der Waals surface area contributed by atoms with Crippen LogP contribution in [0, 0.1) is 0 Å². The molecule has 1 heterocycles. The maximum atomic E-state index is 14.7. The van der Waals surface area contributed by atoms with Gasteiger partial charge in [0.25, 0.3) is 0 Å². The third kappa shape index (κ3) is 15.0. The summed E-state index contributed by atoms with van der Waals surface area (Å²) < 4.78 is 59.0. The summed E-state index contributed by atoms with van der Waals surface area (Å²) in [5, 5.41) is 0. The lowest BCUT2D eigenvalue weighted by molar-refractivity contribution is -0.0897. The molecule has 0 aliphatic carbocycles. The van der Waals surface area contributed by atoms with Crippen molar-refractivity contribution < 1.29 is 37.3 Å². The first-order valence-electron chi connectivity index (χ1n) is 19.3. The zero-order valence-electron chi connectivity index (χ0n) is 31.6. The molecule has 54 heavy (non-hydrogen) atoms. The van der Waals surface area contributed by atoms with Crippen LogP contribution in [-0.4, -0.2) is 57.0 Å². The SMILES string of the molecule is CCCCCCCOC/C=C/COP(=O)(C[C@@H]1O[C@H](COCc2ccccc2)[C@@H](OCc2ccccc2)[C@@H]1OCc1ccccc1)OCc1ccccc1. The third-order valence-electron chi connectivity index (χ3n) is 9.19. The van der Waals surface area contributed by atoms with Gasteiger partial charge in [-0.1, -0.05) is 166 Å². The van der Waals surface area contributed by atoms with Gasteiger partial charge in [-0.05, 0) is 28.7 Å². The molecule has 1 saturated heterocycles. The summed E-state index contributed by atoms with van der Waals surface area (Å²) in [6.07, 6.45) is 7.41. The fourth-order valence-electron chi connectivity index (χ4n) is 6.25. The number of ether oxygens (including phenoxy) is 5. The Bertz CT molecular complexity index is 1620. The van der Waals surface area contributed by atoms with Crippen LogP contribution in [-0.2, 0) is 63.7 Å². The number of benzene rings is 4. The van der Waals surface area contributed by atoms with Crippen LogP contribution in [0.4, 0.5) is 0 Å². The molecule has 0 aromatic heterocycles. The topological polar surface area (TPSA) is 81.7 Å². The molecule has 0 amide bonds. The summed E-state index contributed by atoms with van der Waals surface area (Å²) in [7, 11) is -3.74. The number of unbranched alkanes of at least 4 members (excludes halogenated alkanes) is 4. The Hall–Kier alpha value is -3.43. The van der Waals surface area contributed by atoms with Crippen molar-refractivity contribution in [1.82, 2.24) is 0 Å². The molecule has 8 nitrogen and oxygen atoms in total. The first kappa shape index (κ1) is 41.7. The van der Waals surface area contributed by atoms with E-state index < -0.39 is 32.0 Å².